The van der Waals surface area contributed by atoms with Crippen LogP contribution in [-0.2, 0) is 6.54 Å². The summed E-state index contributed by atoms with van der Waals surface area (Å²) in [7, 11) is 0. The molecule has 0 amide bonds. The van der Waals surface area contributed by atoms with Crippen molar-refractivity contribution < 1.29 is 0 Å². The Morgan fingerprint density at radius 2 is 1.94 bits per heavy atom. The highest BCUT2D eigenvalue weighted by Crippen LogP contribution is 2.13. The van der Waals surface area contributed by atoms with Gasteiger partial charge < -0.3 is 5.32 Å². The van der Waals surface area contributed by atoms with Crippen LogP contribution < -0.4 is 5.32 Å². The van der Waals surface area contributed by atoms with Crippen LogP contribution in [0.4, 0.5) is 0 Å². The highest BCUT2D eigenvalue weighted by Gasteiger charge is 2.18. The first-order valence-electron chi connectivity index (χ1n) is 6.75. The van der Waals surface area contributed by atoms with E-state index in [1.807, 2.05) is 0 Å². The molecule has 1 aromatic rings. The lowest BCUT2D eigenvalue weighted by atomic mass is 10.0. The average molecular weight is 243 g/mol. The van der Waals surface area contributed by atoms with E-state index in [1.165, 1.54) is 18.4 Å². The van der Waals surface area contributed by atoms with Crippen molar-refractivity contribution in [2.45, 2.75) is 31.8 Å². The van der Waals surface area contributed by atoms with Crippen LogP contribution in [0.2, 0.25) is 0 Å². The zero-order chi connectivity index (χ0) is 12.6. The van der Waals surface area contributed by atoms with Crippen molar-refractivity contribution in [3.05, 3.63) is 35.9 Å². The van der Waals surface area contributed by atoms with E-state index in [0.717, 1.165) is 26.2 Å². The Morgan fingerprint density at radius 3 is 2.61 bits per heavy atom. The van der Waals surface area contributed by atoms with Gasteiger partial charge in [-0.25, -0.2) is 0 Å². The summed E-state index contributed by atoms with van der Waals surface area (Å²) in [5, 5.41) is 12.0. The summed E-state index contributed by atoms with van der Waals surface area (Å²) in [6.07, 6.45) is 3.00. The van der Waals surface area contributed by atoms with Crippen LogP contribution in [0.1, 0.15) is 24.8 Å². The summed E-state index contributed by atoms with van der Waals surface area (Å²) in [6, 6.07) is 13.4. The van der Waals surface area contributed by atoms with Gasteiger partial charge in [-0.05, 0) is 31.5 Å². The topological polar surface area (TPSA) is 39.1 Å². The van der Waals surface area contributed by atoms with Crippen LogP contribution in [0.3, 0.4) is 0 Å². The predicted molar refractivity (Wildman–Crippen MR) is 73.0 cm³/mol. The van der Waals surface area contributed by atoms with E-state index in [2.05, 4.69) is 46.6 Å². The lowest BCUT2D eigenvalue weighted by molar-refractivity contribution is 0.191. The number of nitrogens with one attached hydrogen (secondary N) is 1. The summed E-state index contributed by atoms with van der Waals surface area (Å²) in [5.41, 5.74) is 1.40. The number of hydrogen-bond acceptors (Lipinski definition) is 3. The van der Waals surface area contributed by atoms with Gasteiger partial charge in [-0.3, -0.25) is 4.90 Å². The number of benzene rings is 1. The molecular weight excluding hydrogens is 222 g/mol. The summed E-state index contributed by atoms with van der Waals surface area (Å²) in [6.45, 7) is 4.20. The quantitative estimate of drug-likeness (QED) is 0.805. The second-order valence-electron chi connectivity index (χ2n) is 4.90. The lowest BCUT2D eigenvalue weighted by Crippen LogP contribution is -2.42. The van der Waals surface area contributed by atoms with Gasteiger partial charge in [0.25, 0.3) is 0 Å². The second-order valence-corrected chi connectivity index (χ2v) is 4.90. The highest BCUT2D eigenvalue weighted by molar-refractivity contribution is 5.14. The summed E-state index contributed by atoms with van der Waals surface area (Å²) < 4.78 is 0. The van der Waals surface area contributed by atoms with E-state index in [9.17, 15) is 0 Å². The fourth-order valence-electron chi connectivity index (χ4n) is 2.47. The zero-order valence-corrected chi connectivity index (χ0v) is 10.8. The molecule has 1 aromatic carbocycles. The van der Waals surface area contributed by atoms with E-state index in [4.69, 9.17) is 5.26 Å². The van der Waals surface area contributed by atoms with Crippen LogP contribution in [0.25, 0.3) is 0 Å². The molecule has 1 aliphatic rings. The molecule has 1 saturated heterocycles. The van der Waals surface area contributed by atoms with Gasteiger partial charge in [0, 0.05) is 25.6 Å². The van der Waals surface area contributed by atoms with Crippen molar-refractivity contribution in [1.29, 1.82) is 5.26 Å². The van der Waals surface area contributed by atoms with Gasteiger partial charge in [-0.2, -0.15) is 5.26 Å². The third kappa shape index (κ3) is 4.14. The largest absolute Gasteiger partial charge is 0.313 e. The molecule has 3 heteroatoms. The predicted octanol–water partition coefficient (Wildman–Crippen LogP) is 2.15. The monoisotopic (exact) mass is 243 g/mol. The molecule has 1 N–H and O–H groups in total. The lowest BCUT2D eigenvalue weighted by Gasteiger charge is -2.32. The third-order valence-electron chi connectivity index (χ3n) is 3.51. The summed E-state index contributed by atoms with van der Waals surface area (Å²) >= 11 is 0. The van der Waals surface area contributed by atoms with Crippen LogP contribution >= 0.6 is 0 Å². The average Bonchev–Trinajstić information content (AvgIpc) is 2.42. The van der Waals surface area contributed by atoms with Gasteiger partial charge in [0.1, 0.15) is 0 Å². The van der Waals surface area contributed by atoms with Crippen molar-refractivity contribution in [2.75, 3.05) is 19.6 Å². The first-order chi connectivity index (χ1) is 8.88. The Labute approximate surface area is 109 Å². The van der Waals surface area contributed by atoms with Crippen molar-refractivity contribution in [2.24, 2.45) is 0 Å². The van der Waals surface area contributed by atoms with E-state index < -0.39 is 0 Å². The van der Waals surface area contributed by atoms with Gasteiger partial charge >= 0.3 is 0 Å². The Kier molecular flexibility index (Phi) is 5.19. The third-order valence-corrected chi connectivity index (χ3v) is 3.51. The van der Waals surface area contributed by atoms with Crippen molar-refractivity contribution in [3.63, 3.8) is 0 Å². The van der Waals surface area contributed by atoms with E-state index in [1.54, 1.807) is 0 Å². The molecule has 0 aromatic heterocycles. The Balaban J connectivity index is 1.69. The molecule has 0 radical (unpaired) electrons. The van der Waals surface area contributed by atoms with Gasteiger partial charge in [-0.1, -0.05) is 30.3 Å². The Morgan fingerprint density at radius 1 is 1.22 bits per heavy atom. The van der Waals surface area contributed by atoms with Crippen LogP contribution in [-0.4, -0.2) is 30.6 Å². The maximum Gasteiger partial charge on any atom is 0.0635 e. The van der Waals surface area contributed by atoms with Gasteiger partial charge in [-0.15, -0.1) is 0 Å². The molecule has 1 aliphatic heterocycles. The van der Waals surface area contributed by atoms with Gasteiger partial charge in [0.05, 0.1) is 6.07 Å². The first-order valence-corrected chi connectivity index (χ1v) is 6.75. The van der Waals surface area contributed by atoms with Crippen molar-refractivity contribution in [1.82, 2.24) is 10.2 Å². The number of hydrogen-bond donors (Lipinski definition) is 1. The molecule has 0 bridgehead atoms. The molecule has 0 unspecified atom stereocenters. The molecule has 1 fully saturated rings. The van der Waals surface area contributed by atoms with E-state index in [-0.39, 0.29) is 0 Å². The van der Waals surface area contributed by atoms with Crippen LogP contribution in [0, 0.1) is 11.3 Å². The highest BCUT2D eigenvalue weighted by atomic mass is 15.1. The first kappa shape index (κ1) is 13.1. The fraction of sp³-hybridized carbons (Fsp3) is 0.533. The maximum absolute atomic E-state index is 8.50. The minimum absolute atomic E-state index is 0.602. The number of rotatable bonds is 5. The molecule has 96 valence electrons. The molecule has 2 rings (SSSR count). The normalized spacial score (nSPS) is 17.5. The van der Waals surface area contributed by atoms with Gasteiger partial charge in [0.15, 0.2) is 0 Å². The standard InChI is InChI=1S/C15H21N3/c16-9-4-10-17-15-7-11-18(12-8-15)13-14-5-2-1-3-6-14/h1-3,5-6,15,17H,4,7-8,10-13H2. The van der Waals surface area contributed by atoms with Crippen molar-refractivity contribution in [3.8, 4) is 6.07 Å². The van der Waals surface area contributed by atoms with E-state index >= 15 is 0 Å². The molecule has 0 atom stereocenters. The fourth-order valence-corrected chi connectivity index (χ4v) is 2.47. The second kappa shape index (κ2) is 7.15. The number of likely N-dealkylation sites (tertiary alicyclic amines) is 1. The zero-order valence-electron chi connectivity index (χ0n) is 10.8. The van der Waals surface area contributed by atoms with Crippen molar-refractivity contribution >= 4 is 0 Å². The molecule has 1 heterocycles. The number of nitriles is 1. The SMILES string of the molecule is N#CCCNC1CCN(Cc2ccccc2)CC1. The molecule has 3 nitrogen and oxygen atoms in total. The van der Waals surface area contributed by atoms with Gasteiger partial charge in [0.2, 0.25) is 0 Å². The minimum Gasteiger partial charge on any atom is -0.313 e. The maximum atomic E-state index is 8.50. The summed E-state index contributed by atoms with van der Waals surface area (Å²) in [5.74, 6) is 0. The smallest absolute Gasteiger partial charge is 0.0635 e. The van der Waals surface area contributed by atoms with E-state index in [0.29, 0.717) is 12.5 Å². The van der Waals surface area contributed by atoms with Crippen LogP contribution in [0.15, 0.2) is 30.3 Å². The molecular formula is C15H21N3. The van der Waals surface area contributed by atoms with Crippen LogP contribution in [0.5, 0.6) is 0 Å². The molecule has 18 heavy (non-hydrogen) atoms. The Bertz CT molecular complexity index is 374. The Hall–Kier alpha value is -1.37. The molecule has 0 saturated carbocycles. The summed E-state index contributed by atoms with van der Waals surface area (Å²) in [4.78, 5) is 2.51. The number of nitrogens with zero attached hydrogens (tertiary/aromatic N) is 2. The molecule has 0 aliphatic carbocycles. The molecule has 0 spiro atoms. The number of piperidine rings is 1. The minimum atomic E-state index is 0.602.